The van der Waals surface area contributed by atoms with Crippen LogP contribution in [0.15, 0.2) is 0 Å². The van der Waals surface area contributed by atoms with E-state index in [-0.39, 0.29) is 18.0 Å². The molecule has 146 valence electrons. The van der Waals surface area contributed by atoms with Crippen LogP contribution >= 0.6 is 23.4 Å². The molecule has 0 aliphatic carbocycles. The Kier molecular flexibility index (Phi) is 7.82. The number of ether oxygens (including phenoxy) is 1. The highest BCUT2D eigenvalue weighted by molar-refractivity contribution is 7.99. The van der Waals surface area contributed by atoms with Crippen LogP contribution in [0.25, 0.3) is 0 Å². The Bertz CT molecular complexity index is 456. The average Bonchev–Trinajstić information content (AvgIpc) is 2.58. The van der Waals surface area contributed by atoms with Gasteiger partial charge in [-0.3, -0.25) is 4.79 Å². The maximum Gasteiger partial charge on any atom is 0.237 e. The van der Waals surface area contributed by atoms with Crippen LogP contribution in [0.4, 0.5) is 0 Å². The SMILES string of the molecule is CSC1OC(C(NC(=O)[C@@H]2CCC[C@H](C)N2)C(C)Cl)C(O)C(O)C1O. The fraction of sp³-hybridized carbons (Fsp3) is 0.938. The van der Waals surface area contributed by atoms with Gasteiger partial charge in [0.2, 0.25) is 5.91 Å². The van der Waals surface area contributed by atoms with E-state index in [4.69, 9.17) is 16.3 Å². The number of nitrogens with one attached hydrogen (secondary N) is 2. The van der Waals surface area contributed by atoms with Gasteiger partial charge in [-0.1, -0.05) is 0 Å². The lowest BCUT2D eigenvalue weighted by atomic mass is 9.92. The van der Waals surface area contributed by atoms with Crippen LogP contribution in [0, 0.1) is 0 Å². The van der Waals surface area contributed by atoms with Gasteiger partial charge >= 0.3 is 0 Å². The summed E-state index contributed by atoms with van der Waals surface area (Å²) in [5.41, 5.74) is -0.703. The van der Waals surface area contributed by atoms with Crippen molar-refractivity contribution >= 4 is 29.3 Å². The summed E-state index contributed by atoms with van der Waals surface area (Å²) in [6.45, 7) is 3.74. The van der Waals surface area contributed by atoms with Gasteiger partial charge in [0.25, 0.3) is 0 Å². The Morgan fingerprint density at radius 2 is 1.96 bits per heavy atom. The molecule has 0 bridgehead atoms. The number of aliphatic hydroxyl groups is 3. The van der Waals surface area contributed by atoms with Gasteiger partial charge in [0, 0.05) is 6.04 Å². The van der Waals surface area contributed by atoms with Crippen molar-refractivity contribution < 1.29 is 24.9 Å². The molecule has 9 heteroatoms. The number of thioether (sulfide) groups is 1. The third-order valence-corrected chi connectivity index (χ3v) is 6.05. The minimum atomic E-state index is -1.36. The summed E-state index contributed by atoms with van der Waals surface area (Å²) in [5, 5.41) is 36.0. The van der Waals surface area contributed by atoms with Crippen molar-refractivity contribution in [3.8, 4) is 0 Å². The van der Waals surface area contributed by atoms with Gasteiger partial charge in [0.05, 0.1) is 17.5 Å². The maximum absolute atomic E-state index is 12.6. The molecule has 2 rings (SSSR count). The first-order valence-corrected chi connectivity index (χ1v) is 10.4. The van der Waals surface area contributed by atoms with E-state index in [0.29, 0.717) is 0 Å². The van der Waals surface area contributed by atoms with Crippen molar-refractivity contribution in [1.82, 2.24) is 10.6 Å². The molecule has 2 saturated heterocycles. The van der Waals surface area contributed by atoms with E-state index in [9.17, 15) is 20.1 Å². The van der Waals surface area contributed by atoms with Crippen molar-refractivity contribution in [2.75, 3.05) is 6.26 Å². The molecular weight excluding hydrogens is 368 g/mol. The first-order valence-electron chi connectivity index (χ1n) is 8.69. The summed E-state index contributed by atoms with van der Waals surface area (Å²) in [6, 6.07) is -0.736. The van der Waals surface area contributed by atoms with Crippen LogP contribution in [0.3, 0.4) is 0 Å². The number of hydrogen-bond donors (Lipinski definition) is 5. The molecule has 0 aromatic carbocycles. The number of aliphatic hydroxyl groups excluding tert-OH is 3. The van der Waals surface area contributed by atoms with Gasteiger partial charge in [-0.25, -0.2) is 0 Å². The molecule has 0 spiro atoms. The zero-order valence-corrected chi connectivity index (χ0v) is 16.3. The maximum atomic E-state index is 12.6. The van der Waals surface area contributed by atoms with Crippen LogP contribution in [0.1, 0.15) is 33.1 Å². The molecule has 1 amide bonds. The number of carbonyl (C=O) groups is 1. The zero-order chi connectivity index (χ0) is 18.7. The van der Waals surface area contributed by atoms with Crippen molar-refractivity contribution in [3.05, 3.63) is 0 Å². The highest BCUT2D eigenvalue weighted by Crippen LogP contribution is 2.30. The summed E-state index contributed by atoms with van der Waals surface area (Å²) < 4.78 is 5.75. The Morgan fingerprint density at radius 3 is 2.52 bits per heavy atom. The molecule has 0 saturated carbocycles. The monoisotopic (exact) mass is 396 g/mol. The lowest BCUT2D eigenvalue weighted by molar-refractivity contribution is -0.205. The third kappa shape index (κ3) is 5.00. The topological polar surface area (TPSA) is 111 Å². The Labute approximate surface area is 157 Å². The lowest BCUT2D eigenvalue weighted by Gasteiger charge is -2.44. The fourth-order valence-electron chi connectivity index (χ4n) is 3.43. The van der Waals surface area contributed by atoms with Gasteiger partial charge in [0.1, 0.15) is 29.9 Å². The van der Waals surface area contributed by atoms with Crippen molar-refractivity contribution in [3.63, 3.8) is 0 Å². The number of halogens is 1. The molecule has 7 unspecified atom stereocenters. The molecule has 0 aromatic heterocycles. The fourth-order valence-corrected chi connectivity index (χ4v) is 4.32. The van der Waals surface area contributed by atoms with Crippen LogP contribution in [0.2, 0.25) is 0 Å². The highest BCUT2D eigenvalue weighted by atomic mass is 35.5. The predicted molar refractivity (Wildman–Crippen MR) is 97.7 cm³/mol. The first kappa shape index (κ1) is 21.2. The molecule has 7 nitrogen and oxygen atoms in total. The molecule has 2 fully saturated rings. The molecule has 2 aliphatic rings. The Hall–Kier alpha value is -0.0900. The number of carbonyl (C=O) groups excluding carboxylic acids is 1. The molecule has 0 aromatic rings. The van der Waals surface area contributed by atoms with Gasteiger partial charge in [0.15, 0.2) is 0 Å². The van der Waals surface area contributed by atoms with E-state index in [1.807, 2.05) is 6.92 Å². The largest absolute Gasteiger partial charge is 0.388 e. The quantitative estimate of drug-likeness (QED) is 0.409. The molecule has 2 aliphatic heterocycles. The molecular formula is C16H29ClN2O5S. The van der Waals surface area contributed by atoms with Gasteiger partial charge in [-0.15, -0.1) is 23.4 Å². The number of piperidine rings is 1. The second-order valence-corrected chi connectivity index (χ2v) is 8.56. The van der Waals surface area contributed by atoms with E-state index in [2.05, 4.69) is 10.6 Å². The highest BCUT2D eigenvalue weighted by Gasteiger charge is 2.48. The Balaban J connectivity index is 2.09. The second kappa shape index (κ2) is 9.21. The summed E-state index contributed by atoms with van der Waals surface area (Å²) in [4.78, 5) is 12.6. The molecule has 2 heterocycles. The number of hydrogen-bond acceptors (Lipinski definition) is 7. The summed E-state index contributed by atoms with van der Waals surface area (Å²) in [7, 11) is 0. The standard InChI is InChI=1S/C16H29ClN2O5S/c1-7-5-4-6-9(18-7)15(23)19-10(8(2)17)14-12(21)11(20)13(22)16(24-14)25-3/h7-14,16,18,20-22H,4-6H2,1-3H3,(H,19,23)/t7-,8?,9-,10?,11?,12?,13?,14?,16?/m0/s1. The number of rotatable bonds is 5. The minimum absolute atomic E-state index is 0.193. The van der Waals surface area contributed by atoms with Crippen molar-refractivity contribution in [2.24, 2.45) is 0 Å². The van der Waals surface area contributed by atoms with Crippen molar-refractivity contribution in [1.29, 1.82) is 0 Å². The summed E-state index contributed by atoms with van der Waals surface area (Å²) >= 11 is 7.48. The molecule has 9 atom stereocenters. The minimum Gasteiger partial charge on any atom is -0.388 e. The average molecular weight is 397 g/mol. The lowest BCUT2D eigenvalue weighted by Crippen LogP contribution is -2.65. The third-order valence-electron chi connectivity index (χ3n) is 4.93. The van der Waals surface area contributed by atoms with E-state index in [1.54, 1.807) is 13.2 Å². The number of alkyl halides is 1. The van der Waals surface area contributed by atoms with Crippen LogP contribution in [0.5, 0.6) is 0 Å². The van der Waals surface area contributed by atoms with E-state index < -0.39 is 41.3 Å². The van der Waals surface area contributed by atoms with Gasteiger partial charge in [-0.05, 0) is 39.4 Å². The summed E-state index contributed by atoms with van der Waals surface area (Å²) in [5.74, 6) is -0.193. The van der Waals surface area contributed by atoms with Gasteiger partial charge < -0.3 is 30.7 Å². The smallest absolute Gasteiger partial charge is 0.237 e. The predicted octanol–water partition coefficient (Wildman–Crippen LogP) is -0.200. The molecule has 0 radical (unpaired) electrons. The second-order valence-electron chi connectivity index (χ2n) is 6.94. The van der Waals surface area contributed by atoms with Crippen LogP contribution in [-0.4, -0.2) is 80.8 Å². The van der Waals surface area contributed by atoms with Crippen molar-refractivity contribution in [2.45, 2.75) is 86.5 Å². The zero-order valence-electron chi connectivity index (χ0n) is 14.8. The normalized spacial score (nSPS) is 41.8. The van der Waals surface area contributed by atoms with Gasteiger partial charge in [-0.2, -0.15) is 0 Å². The van der Waals surface area contributed by atoms with E-state index in [1.165, 1.54) is 11.8 Å². The summed E-state index contributed by atoms with van der Waals surface area (Å²) in [6.07, 6.45) is -0.347. The molecule has 25 heavy (non-hydrogen) atoms. The van der Waals surface area contributed by atoms with E-state index in [0.717, 1.165) is 19.3 Å². The number of amides is 1. The van der Waals surface area contributed by atoms with Crippen LogP contribution in [-0.2, 0) is 9.53 Å². The first-order chi connectivity index (χ1) is 11.8. The van der Waals surface area contributed by atoms with E-state index >= 15 is 0 Å². The Morgan fingerprint density at radius 1 is 1.28 bits per heavy atom. The van der Waals surface area contributed by atoms with Crippen LogP contribution < -0.4 is 10.6 Å². The molecule has 5 N–H and O–H groups in total.